The van der Waals surface area contributed by atoms with Gasteiger partial charge in [-0.2, -0.15) is 0 Å². The molecule has 0 saturated heterocycles. The smallest absolute Gasteiger partial charge is 0.246 e. The number of amides is 3. The van der Waals surface area contributed by atoms with Gasteiger partial charge in [0.05, 0.1) is 0 Å². The van der Waals surface area contributed by atoms with Crippen molar-refractivity contribution in [3.8, 4) is 0 Å². The van der Waals surface area contributed by atoms with Crippen LogP contribution in [0.2, 0.25) is 0 Å². The lowest BCUT2D eigenvalue weighted by Gasteiger charge is -2.34. The summed E-state index contributed by atoms with van der Waals surface area (Å²) in [4.78, 5) is 44.9. The Bertz CT molecular complexity index is 1670. The largest absolute Gasteiger partial charge is 0.354 e. The van der Waals surface area contributed by atoms with E-state index < -0.39 is 12.1 Å². The van der Waals surface area contributed by atoms with Crippen LogP contribution in [-0.4, -0.2) is 65.8 Å². The van der Waals surface area contributed by atoms with Crippen LogP contribution < -0.4 is 11.1 Å². The Morgan fingerprint density at radius 3 is 1.96 bits per heavy atom. The highest BCUT2D eigenvalue weighted by molar-refractivity contribution is 5.95. The summed E-state index contributed by atoms with van der Waals surface area (Å²) in [7, 11) is 3.32. The van der Waals surface area contributed by atoms with Crippen LogP contribution in [0, 0.1) is 0 Å². The van der Waals surface area contributed by atoms with E-state index in [0.29, 0.717) is 32.2 Å². The predicted octanol–water partition coefficient (Wildman–Crippen LogP) is 6.10. The standard InChI is InChI=1S/C41H50N4O3/c1-5-41(42,6-2)26-15-22-38(46)44(3)37(30-33-23-24-34-20-13-14-21-35(34)28-33)40(48)45(4)36(29-32-18-11-8-12-19-32)39(47)43-27-25-31-16-9-7-10-17-31/h7-24,28,36-37H,5-6,25-27,29-30,42H2,1-4H3,(H,43,47)/b22-15+. The van der Waals surface area contributed by atoms with Gasteiger partial charge in [-0.3, -0.25) is 14.4 Å². The molecule has 4 aromatic carbocycles. The number of benzene rings is 4. The molecule has 0 aromatic heterocycles. The van der Waals surface area contributed by atoms with Crippen molar-refractivity contribution in [3.05, 3.63) is 132 Å². The van der Waals surface area contributed by atoms with Crippen LogP contribution in [0.5, 0.6) is 0 Å². The van der Waals surface area contributed by atoms with E-state index in [2.05, 4.69) is 11.4 Å². The lowest BCUT2D eigenvalue weighted by atomic mass is 9.90. The Kier molecular flexibility index (Phi) is 13.1. The third kappa shape index (κ3) is 9.88. The number of carbonyl (C=O) groups excluding carboxylic acids is 3. The molecule has 0 bridgehead atoms. The molecule has 7 nitrogen and oxygen atoms in total. The average Bonchev–Trinajstić information content (AvgIpc) is 3.12. The van der Waals surface area contributed by atoms with Crippen LogP contribution >= 0.6 is 0 Å². The van der Waals surface area contributed by atoms with Crippen LogP contribution in [0.3, 0.4) is 0 Å². The molecule has 0 aliphatic carbocycles. The normalized spacial score (nSPS) is 12.9. The number of nitrogens with one attached hydrogen (secondary N) is 1. The Balaban J connectivity index is 1.61. The number of likely N-dealkylation sites (N-methyl/N-ethyl adjacent to an activating group) is 2. The third-order valence-corrected chi connectivity index (χ3v) is 9.48. The molecule has 0 spiro atoms. The summed E-state index contributed by atoms with van der Waals surface area (Å²) in [5.41, 5.74) is 9.08. The molecule has 0 saturated carbocycles. The summed E-state index contributed by atoms with van der Waals surface area (Å²) in [5, 5.41) is 5.22. The molecule has 48 heavy (non-hydrogen) atoms. The van der Waals surface area contributed by atoms with Crippen molar-refractivity contribution in [2.24, 2.45) is 5.73 Å². The van der Waals surface area contributed by atoms with E-state index in [1.807, 2.05) is 117 Å². The average molecular weight is 647 g/mol. The lowest BCUT2D eigenvalue weighted by Crippen LogP contribution is -2.56. The minimum Gasteiger partial charge on any atom is -0.354 e. The van der Waals surface area contributed by atoms with Crippen molar-refractivity contribution in [1.82, 2.24) is 15.1 Å². The summed E-state index contributed by atoms with van der Waals surface area (Å²) >= 11 is 0. The SMILES string of the molecule is CCC(N)(CC)C/C=C/C(=O)N(C)C(Cc1ccc2ccccc2c1)C(=O)N(C)C(Cc1ccccc1)C(=O)NCCc1ccccc1. The summed E-state index contributed by atoms with van der Waals surface area (Å²) in [6.07, 6.45) is 6.79. The topological polar surface area (TPSA) is 95.7 Å². The number of carbonyl (C=O) groups is 3. The van der Waals surface area contributed by atoms with Crippen molar-refractivity contribution in [2.45, 2.75) is 70.0 Å². The van der Waals surface area contributed by atoms with Crippen molar-refractivity contribution >= 4 is 28.5 Å². The summed E-state index contributed by atoms with van der Waals surface area (Å²) in [6.45, 7) is 4.53. The van der Waals surface area contributed by atoms with E-state index in [1.54, 1.807) is 14.1 Å². The molecule has 3 N–H and O–H groups in total. The zero-order valence-corrected chi connectivity index (χ0v) is 28.8. The second kappa shape index (κ2) is 17.4. The minimum absolute atomic E-state index is 0.234. The second-order valence-electron chi connectivity index (χ2n) is 12.7. The number of nitrogens with zero attached hydrogens (tertiary/aromatic N) is 2. The zero-order chi connectivity index (χ0) is 34.5. The van der Waals surface area contributed by atoms with E-state index in [4.69, 9.17) is 5.73 Å². The highest BCUT2D eigenvalue weighted by Gasteiger charge is 2.35. The van der Waals surface area contributed by atoms with Crippen LogP contribution in [0.25, 0.3) is 10.8 Å². The molecule has 0 aliphatic rings. The van der Waals surface area contributed by atoms with Crippen LogP contribution in [0.15, 0.2) is 115 Å². The first kappa shape index (κ1) is 36.1. The van der Waals surface area contributed by atoms with Crippen LogP contribution in [-0.2, 0) is 33.6 Å². The summed E-state index contributed by atoms with van der Waals surface area (Å²) < 4.78 is 0. The number of nitrogens with two attached hydrogens (primary N) is 1. The number of fused-ring (bicyclic) bond motifs is 1. The second-order valence-corrected chi connectivity index (χ2v) is 12.7. The molecule has 0 radical (unpaired) electrons. The van der Waals surface area contributed by atoms with Crippen molar-refractivity contribution in [3.63, 3.8) is 0 Å². The van der Waals surface area contributed by atoms with E-state index >= 15 is 0 Å². The van der Waals surface area contributed by atoms with E-state index in [0.717, 1.165) is 40.3 Å². The number of hydrogen-bond donors (Lipinski definition) is 2. The zero-order valence-electron chi connectivity index (χ0n) is 28.8. The highest BCUT2D eigenvalue weighted by atomic mass is 16.2. The van der Waals surface area contributed by atoms with Gasteiger partial charge in [0.15, 0.2) is 0 Å². The van der Waals surface area contributed by atoms with Gasteiger partial charge in [-0.15, -0.1) is 0 Å². The van der Waals surface area contributed by atoms with Crippen molar-refractivity contribution in [1.29, 1.82) is 0 Å². The first-order valence-corrected chi connectivity index (χ1v) is 17.0. The molecule has 252 valence electrons. The maximum atomic E-state index is 14.5. The molecule has 2 unspecified atom stereocenters. The maximum absolute atomic E-state index is 14.5. The van der Waals surface area contributed by atoms with E-state index in [9.17, 15) is 14.4 Å². The van der Waals surface area contributed by atoms with Gasteiger partial charge in [0.1, 0.15) is 12.1 Å². The Labute approximate surface area is 285 Å². The highest BCUT2D eigenvalue weighted by Crippen LogP contribution is 2.21. The quantitative estimate of drug-likeness (QED) is 0.144. The van der Waals surface area contributed by atoms with Gasteiger partial charge in [0, 0.05) is 39.0 Å². The first-order chi connectivity index (χ1) is 23.1. The monoisotopic (exact) mass is 646 g/mol. The van der Waals surface area contributed by atoms with Gasteiger partial charge < -0.3 is 20.9 Å². The Hall–Kier alpha value is -4.75. The molecule has 4 rings (SSSR count). The van der Waals surface area contributed by atoms with E-state index in [1.165, 1.54) is 15.9 Å². The van der Waals surface area contributed by atoms with Gasteiger partial charge in [0.2, 0.25) is 17.7 Å². The fourth-order valence-electron chi connectivity index (χ4n) is 5.91. The lowest BCUT2D eigenvalue weighted by molar-refractivity contribution is -0.146. The van der Waals surface area contributed by atoms with Gasteiger partial charge in [-0.25, -0.2) is 0 Å². The molecule has 3 amide bonds. The molecule has 2 atom stereocenters. The van der Waals surface area contributed by atoms with Crippen LogP contribution in [0.4, 0.5) is 0 Å². The Morgan fingerprint density at radius 1 is 0.729 bits per heavy atom. The molecule has 0 aliphatic heterocycles. The van der Waals surface area contributed by atoms with Crippen molar-refractivity contribution < 1.29 is 14.4 Å². The van der Waals surface area contributed by atoms with E-state index in [-0.39, 0.29) is 23.3 Å². The molecule has 0 heterocycles. The molecular weight excluding hydrogens is 596 g/mol. The minimum atomic E-state index is -0.844. The fraction of sp³-hybridized carbons (Fsp3) is 0.341. The van der Waals surface area contributed by atoms with Gasteiger partial charge in [-0.05, 0) is 59.2 Å². The van der Waals surface area contributed by atoms with Gasteiger partial charge in [-0.1, -0.05) is 123 Å². The Morgan fingerprint density at radius 2 is 1.31 bits per heavy atom. The van der Waals surface area contributed by atoms with Gasteiger partial charge >= 0.3 is 0 Å². The van der Waals surface area contributed by atoms with Crippen LogP contribution in [0.1, 0.15) is 49.8 Å². The predicted molar refractivity (Wildman–Crippen MR) is 195 cm³/mol. The number of rotatable bonds is 16. The van der Waals surface area contributed by atoms with Crippen molar-refractivity contribution in [2.75, 3.05) is 20.6 Å². The molecule has 0 fully saturated rings. The molecular formula is C41H50N4O3. The maximum Gasteiger partial charge on any atom is 0.246 e. The third-order valence-electron chi connectivity index (χ3n) is 9.48. The fourth-order valence-corrected chi connectivity index (χ4v) is 5.91. The summed E-state index contributed by atoms with van der Waals surface area (Å²) in [5.74, 6) is -0.826. The van der Waals surface area contributed by atoms with Gasteiger partial charge in [0.25, 0.3) is 0 Å². The molecule has 7 heteroatoms. The number of hydrogen-bond acceptors (Lipinski definition) is 4. The summed E-state index contributed by atoms with van der Waals surface area (Å²) in [6, 6.07) is 32.2. The first-order valence-electron chi connectivity index (χ1n) is 17.0. The molecule has 4 aromatic rings.